The summed E-state index contributed by atoms with van der Waals surface area (Å²) >= 11 is 6.29. The Morgan fingerprint density at radius 2 is 1.70 bits per heavy atom. The van der Waals surface area contributed by atoms with Crippen LogP contribution in [-0.4, -0.2) is 62.0 Å². The molecule has 3 aliphatic carbocycles. The van der Waals surface area contributed by atoms with E-state index in [4.69, 9.17) is 25.8 Å². The first-order valence-corrected chi connectivity index (χ1v) is 23.5. The van der Waals surface area contributed by atoms with Gasteiger partial charge in [0.05, 0.1) is 20.3 Å². The Kier molecular flexibility index (Phi) is 15.3. The number of aromatic nitrogens is 1. The topological polar surface area (TPSA) is 90.0 Å². The summed E-state index contributed by atoms with van der Waals surface area (Å²) < 4.78 is 61.9. The number of hydrogen-bond acceptors (Lipinski definition) is 7. The van der Waals surface area contributed by atoms with Crippen LogP contribution in [0.1, 0.15) is 112 Å². The first-order chi connectivity index (χ1) is 30.7. The smallest absolute Gasteiger partial charge is 0.471 e. The molecule has 0 bridgehead atoms. The van der Waals surface area contributed by atoms with Gasteiger partial charge in [0.2, 0.25) is 0 Å². The number of nitrogens with one attached hydrogen (secondary N) is 1. The van der Waals surface area contributed by atoms with E-state index in [2.05, 4.69) is 67.5 Å². The molecule has 1 N–H and O–H groups in total. The Morgan fingerprint density at radius 3 is 2.44 bits per heavy atom. The minimum atomic E-state index is -5.26. The number of nitrogens with zero attached hydrogens (tertiary/aromatic N) is 2. The van der Waals surface area contributed by atoms with E-state index in [9.17, 15) is 22.8 Å². The standard InChI is InChI=1S/C52H63ClF3N3O5/c1-35(20-27-57-26-10-14-38-12-6-5-7-13-38)33-63-43-19-18-39-30-40(29-36(2)34-64-46-21-28-58-45-17-8-11-37(3)47(45)46)50(44(39)32-43)22-24-51(25-23-50,49(61)62-4)59(48(60)52(54,55)56)42-16-9-15-41(53)31-42/h5-7,9,12-13,15-16,18-19,21,28,31-32,35-37,40,57H,8,10-11,14,17,20,22-27,29-30,33-34H2,1-4H3/t35-,36+,37+,40-,50?,51?/m0/s1. The molecular formula is C52H63ClF3N3O5. The molecule has 64 heavy (non-hydrogen) atoms. The molecule has 3 aliphatic rings. The largest absolute Gasteiger partial charge is 0.493 e. The van der Waals surface area contributed by atoms with Gasteiger partial charge in [-0.05, 0) is 172 Å². The van der Waals surface area contributed by atoms with Crippen molar-refractivity contribution in [1.29, 1.82) is 0 Å². The highest BCUT2D eigenvalue weighted by Crippen LogP contribution is 2.58. The Hall–Kier alpha value is -4.61. The number of alkyl halides is 3. The van der Waals surface area contributed by atoms with Crippen LogP contribution in [-0.2, 0) is 39.0 Å². The van der Waals surface area contributed by atoms with Gasteiger partial charge in [0.15, 0.2) is 0 Å². The molecule has 1 aromatic heterocycles. The molecule has 0 aliphatic heterocycles. The van der Waals surface area contributed by atoms with Crippen LogP contribution in [0.5, 0.6) is 11.5 Å². The van der Waals surface area contributed by atoms with E-state index in [1.54, 1.807) is 0 Å². The van der Waals surface area contributed by atoms with Crippen LogP contribution in [0.25, 0.3) is 0 Å². The molecular weight excluding hydrogens is 839 g/mol. The predicted molar refractivity (Wildman–Crippen MR) is 245 cm³/mol. The number of amides is 1. The number of anilines is 1. The Balaban J connectivity index is 1.11. The molecule has 1 saturated carbocycles. The molecule has 1 heterocycles. The molecule has 8 nitrogen and oxygen atoms in total. The summed E-state index contributed by atoms with van der Waals surface area (Å²) in [4.78, 5) is 32.7. The number of halogens is 4. The lowest BCUT2D eigenvalue weighted by Gasteiger charge is -2.51. The first-order valence-electron chi connectivity index (χ1n) is 23.1. The zero-order valence-corrected chi connectivity index (χ0v) is 38.4. The third kappa shape index (κ3) is 10.6. The van der Waals surface area contributed by atoms with Crippen molar-refractivity contribution < 1.29 is 37.0 Å². The molecule has 0 unspecified atom stereocenters. The van der Waals surface area contributed by atoms with Crippen molar-refractivity contribution in [2.24, 2.45) is 17.8 Å². The Labute approximate surface area is 381 Å². The maximum atomic E-state index is 14.5. The van der Waals surface area contributed by atoms with E-state index in [1.165, 1.54) is 41.0 Å². The van der Waals surface area contributed by atoms with Gasteiger partial charge in [-0.1, -0.05) is 74.8 Å². The van der Waals surface area contributed by atoms with E-state index in [0.717, 1.165) is 94.3 Å². The molecule has 0 saturated heterocycles. The Bertz CT molecular complexity index is 2210. The quantitative estimate of drug-likeness (QED) is 0.0786. The van der Waals surface area contributed by atoms with Crippen LogP contribution in [0, 0.1) is 17.8 Å². The van der Waals surface area contributed by atoms with Crippen molar-refractivity contribution in [1.82, 2.24) is 10.3 Å². The zero-order valence-electron chi connectivity index (χ0n) is 37.7. The molecule has 1 fully saturated rings. The fourth-order valence-electron chi connectivity index (χ4n) is 10.8. The molecule has 344 valence electrons. The number of methoxy groups -OCH3 is 1. The lowest BCUT2D eigenvalue weighted by Crippen LogP contribution is -2.63. The molecule has 1 spiro atoms. The molecule has 12 heteroatoms. The predicted octanol–water partition coefficient (Wildman–Crippen LogP) is 11.4. The molecule has 4 atom stereocenters. The van der Waals surface area contributed by atoms with Crippen molar-refractivity contribution in [3.05, 3.63) is 118 Å². The highest BCUT2D eigenvalue weighted by Gasteiger charge is 2.60. The molecule has 4 aromatic rings. The normalized spacial score (nSPS) is 22.6. The minimum absolute atomic E-state index is 0.0453. The number of rotatable bonds is 18. The number of benzene rings is 3. The van der Waals surface area contributed by atoms with Gasteiger partial charge < -0.3 is 19.5 Å². The average Bonchev–Trinajstić information content (AvgIpc) is 3.57. The second-order valence-electron chi connectivity index (χ2n) is 18.7. The van der Waals surface area contributed by atoms with Gasteiger partial charge in [-0.3, -0.25) is 14.7 Å². The fourth-order valence-corrected chi connectivity index (χ4v) is 11.0. The summed E-state index contributed by atoms with van der Waals surface area (Å²) in [5.41, 5.74) is 3.38. The monoisotopic (exact) mass is 901 g/mol. The highest BCUT2D eigenvalue weighted by atomic mass is 35.5. The van der Waals surface area contributed by atoms with Crippen molar-refractivity contribution in [2.75, 3.05) is 38.3 Å². The third-order valence-electron chi connectivity index (χ3n) is 14.1. The van der Waals surface area contributed by atoms with Crippen LogP contribution < -0.4 is 19.7 Å². The summed E-state index contributed by atoms with van der Waals surface area (Å²) in [6.07, 6.45) is 4.96. The van der Waals surface area contributed by atoms with Crippen LogP contribution in [0.15, 0.2) is 85.1 Å². The van der Waals surface area contributed by atoms with Gasteiger partial charge in [0, 0.05) is 28.2 Å². The van der Waals surface area contributed by atoms with E-state index < -0.39 is 29.0 Å². The van der Waals surface area contributed by atoms with E-state index in [-0.39, 0.29) is 35.4 Å². The summed E-state index contributed by atoms with van der Waals surface area (Å²) in [5.74, 6) is -0.508. The average molecular weight is 903 g/mol. The second-order valence-corrected chi connectivity index (χ2v) is 19.1. The molecule has 1 amide bonds. The van der Waals surface area contributed by atoms with Gasteiger partial charge in [-0.15, -0.1) is 0 Å². The fraction of sp³-hybridized carbons (Fsp3) is 0.519. The number of pyridine rings is 1. The van der Waals surface area contributed by atoms with E-state index in [1.807, 2.05) is 24.4 Å². The Morgan fingerprint density at radius 1 is 0.938 bits per heavy atom. The van der Waals surface area contributed by atoms with Crippen LogP contribution in [0.4, 0.5) is 18.9 Å². The van der Waals surface area contributed by atoms with Gasteiger partial charge in [-0.2, -0.15) is 13.2 Å². The van der Waals surface area contributed by atoms with Crippen LogP contribution in [0.2, 0.25) is 5.02 Å². The maximum Gasteiger partial charge on any atom is 0.471 e. The van der Waals surface area contributed by atoms with E-state index in [0.29, 0.717) is 42.8 Å². The number of carbonyl (C=O) groups excluding carboxylic acids is 2. The lowest BCUT2D eigenvalue weighted by atomic mass is 9.59. The SMILES string of the molecule is COC(=O)C1(N(C(=O)C(F)(F)F)c2cccc(Cl)c2)CCC2(CC1)c1cc(OC[C@@H](C)CCNCCCc3ccccc3)ccc1C[C@@H]2C[C@@H](C)COc1ccnc2c1[C@H](C)CCC2. The number of fused-ring (bicyclic) bond motifs is 3. The first kappa shape index (κ1) is 47.4. The number of aryl methyl sites for hydroxylation is 2. The van der Waals surface area contributed by atoms with Crippen LogP contribution >= 0.6 is 11.6 Å². The van der Waals surface area contributed by atoms with Crippen molar-refractivity contribution >= 4 is 29.2 Å². The number of hydrogen-bond donors (Lipinski definition) is 1. The zero-order chi connectivity index (χ0) is 45.5. The van der Waals surface area contributed by atoms with Gasteiger partial charge in [0.1, 0.15) is 17.0 Å². The molecule has 0 radical (unpaired) electrons. The van der Waals surface area contributed by atoms with Gasteiger partial charge >= 0.3 is 18.1 Å². The second kappa shape index (κ2) is 20.7. The van der Waals surface area contributed by atoms with E-state index >= 15 is 0 Å². The summed E-state index contributed by atoms with van der Waals surface area (Å²) in [6, 6.07) is 24.4. The van der Waals surface area contributed by atoms with Crippen molar-refractivity contribution in [3.8, 4) is 11.5 Å². The third-order valence-corrected chi connectivity index (χ3v) is 14.4. The highest BCUT2D eigenvalue weighted by molar-refractivity contribution is 6.31. The summed E-state index contributed by atoms with van der Waals surface area (Å²) in [7, 11) is 1.16. The summed E-state index contributed by atoms with van der Waals surface area (Å²) in [5, 5.41) is 3.72. The number of ether oxygens (including phenoxy) is 3. The van der Waals surface area contributed by atoms with Crippen molar-refractivity contribution in [2.45, 2.75) is 121 Å². The lowest BCUT2D eigenvalue weighted by molar-refractivity contribution is -0.174. The maximum absolute atomic E-state index is 14.5. The summed E-state index contributed by atoms with van der Waals surface area (Å²) in [6.45, 7) is 9.47. The number of carbonyl (C=O) groups is 2. The minimum Gasteiger partial charge on any atom is -0.493 e. The van der Waals surface area contributed by atoms with Crippen molar-refractivity contribution in [3.63, 3.8) is 0 Å². The van der Waals surface area contributed by atoms with Gasteiger partial charge in [0.25, 0.3) is 0 Å². The van der Waals surface area contributed by atoms with Crippen LogP contribution in [0.3, 0.4) is 0 Å². The number of esters is 1. The van der Waals surface area contributed by atoms with Gasteiger partial charge in [-0.25, -0.2) is 4.79 Å². The molecule has 7 rings (SSSR count). The molecule has 3 aromatic carbocycles.